The van der Waals surface area contributed by atoms with Crippen LogP contribution in [0.25, 0.3) is 11.1 Å². The van der Waals surface area contributed by atoms with E-state index < -0.39 is 22.0 Å². The molecular weight excluding hydrogens is 518 g/mol. The first-order valence-corrected chi connectivity index (χ1v) is 13.3. The van der Waals surface area contributed by atoms with E-state index in [9.17, 15) is 23.1 Å². The van der Waals surface area contributed by atoms with Crippen molar-refractivity contribution in [2.45, 2.75) is 30.7 Å². The highest BCUT2D eigenvalue weighted by Crippen LogP contribution is 2.28. The first-order valence-electron chi connectivity index (χ1n) is 11.5. The lowest BCUT2D eigenvalue weighted by molar-refractivity contribution is -0.138. The second-order valence-corrected chi connectivity index (χ2v) is 10.3. The first kappa shape index (κ1) is 28.0. The number of nitrogens with one attached hydrogen (secondary N) is 3. The molecule has 4 N–H and O–H groups in total. The van der Waals surface area contributed by atoms with Crippen molar-refractivity contribution in [1.82, 2.24) is 10.0 Å². The predicted molar refractivity (Wildman–Crippen MR) is 143 cm³/mol. The van der Waals surface area contributed by atoms with E-state index in [4.69, 9.17) is 16.3 Å². The van der Waals surface area contributed by atoms with Crippen molar-refractivity contribution in [2.24, 2.45) is 0 Å². The number of aliphatic carboxylic acids is 1. The fourth-order valence-electron chi connectivity index (χ4n) is 3.55. The van der Waals surface area contributed by atoms with Crippen LogP contribution in [0, 0.1) is 0 Å². The third-order valence-electron chi connectivity index (χ3n) is 5.39. The van der Waals surface area contributed by atoms with Crippen LogP contribution in [0.1, 0.15) is 18.9 Å². The second-order valence-electron chi connectivity index (χ2n) is 8.17. The summed E-state index contributed by atoms with van der Waals surface area (Å²) in [4.78, 5) is 23.6. The van der Waals surface area contributed by atoms with Gasteiger partial charge in [0.25, 0.3) is 0 Å². The average molecular weight is 546 g/mol. The molecule has 0 aliphatic rings. The Labute approximate surface area is 220 Å². The van der Waals surface area contributed by atoms with Gasteiger partial charge < -0.3 is 20.5 Å². The van der Waals surface area contributed by atoms with Gasteiger partial charge in [0.1, 0.15) is 16.7 Å². The van der Waals surface area contributed by atoms with Crippen LogP contribution in [0.4, 0.5) is 10.5 Å². The predicted octanol–water partition coefficient (Wildman–Crippen LogP) is 4.52. The third-order valence-corrected chi connectivity index (χ3v) is 7.12. The van der Waals surface area contributed by atoms with E-state index in [1.165, 1.54) is 25.3 Å². The minimum absolute atomic E-state index is 0.0463. The molecule has 0 aromatic heterocycles. The molecule has 196 valence electrons. The molecule has 2 amide bonds. The number of hydrogen-bond acceptors (Lipinski definition) is 5. The highest BCUT2D eigenvalue weighted by molar-refractivity contribution is 7.89. The maximum Gasteiger partial charge on any atom is 0.322 e. The van der Waals surface area contributed by atoms with Crippen LogP contribution >= 0.6 is 11.6 Å². The number of carbonyl (C=O) groups excluding carboxylic acids is 1. The van der Waals surface area contributed by atoms with Crippen molar-refractivity contribution in [3.63, 3.8) is 0 Å². The molecule has 0 saturated heterocycles. The average Bonchev–Trinajstić information content (AvgIpc) is 2.87. The largest absolute Gasteiger partial charge is 0.495 e. The summed E-state index contributed by atoms with van der Waals surface area (Å²) >= 11 is 5.94. The Morgan fingerprint density at radius 3 is 2.41 bits per heavy atom. The summed E-state index contributed by atoms with van der Waals surface area (Å²) in [5.74, 6) is -1.28. The van der Waals surface area contributed by atoms with E-state index in [1.54, 1.807) is 30.3 Å². The van der Waals surface area contributed by atoms with Gasteiger partial charge in [0.15, 0.2) is 0 Å². The van der Waals surface area contributed by atoms with Crippen molar-refractivity contribution in [3.05, 3.63) is 77.3 Å². The maximum atomic E-state index is 12.9. The smallest absolute Gasteiger partial charge is 0.322 e. The minimum Gasteiger partial charge on any atom is -0.495 e. The monoisotopic (exact) mass is 545 g/mol. The number of ether oxygens (including phenoxy) is 1. The molecule has 0 bridgehead atoms. The van der Waals surface area contributed by atoms with Crippen molar-refractivity contribution in [2.75, 3.05) is 19.0 Å². The second kappa shape index (κ2) is 12.6. The number of carbonyl (C=O) groups is 2. The summed E-state index contributed by atoms with van der Waals surface area (Å²) in [7, 11) is -2.93. The van der Waals surface area contributed by atoms with Gasteiger partial charge in [0.05, 0.1) is 7.11 Å². The van der Waals surface area contributed by atoms with Crippen LogP contribution in [-0.2, 0) is 21.2 Å². The van der Waals surface area contributed by atoms with Crippen LogP contribution in [0.3, 0.4) is 0 Å². The summed E-state index contributed by atoms with van der Waals surface area (Å²) in [6.07, 6.45) is 0.746. The quantitative estimate of drug-likeness (QED) is 0.280. The molecule has 0 heterocycles. The Balaban J connectivity index is 1.75. The van der Waals surface area contributed by atoms with Gasteiger partial charge >= 0.3 is 12.0 Å². The number of benzene rings is 3. The van der Waals surface area contributed by atoms with Gasteiger partial charge in [-0.05, 0) is 59.9 Å². The molecule has 0 saturated carbocycles. The van der Waals surface area contributed by atoms with Gasteiger partial charge in [0, 0.05) is 17.3 Å². The van der Waals surface area contributed by atoms with E-state index in [2.05, 4.69) is 15.4 Å². The summed E-state index contributed by atoms with van der Waals surface area (Å²) in [6.45, 7) is 2.54. The molecule has 0 fully saturated rings. The number of sulfonamides is 1. The van der Waals surface area contributed by atoms with Gasteiger partial charge in [-0.1, -0.05) is 54.9 Å². The van der Waals surface area contributed by atoms with E-state index in [0.29, 0.717) is 17.8 Å². The van der Waals surface area contributed by atoms with E-state index in [-0.39, 0.29) is 28.1 Å². The summed E-state index contributed by atoms with van der Waals surface area (Å²) in [5.41, 5.74) is 2.94. The summed E-state index contributed by atoms with van der Waals surface area (Å²) in [5, 5.41) is 15.4. The Bertz CT molecular complexity index is 1360. The van der Waals surface area contributed by atoms with E-state index >= 15 is 0 Å². The number of carboxylic acids is 1. The molecule has 3 aromatic carbocycles. The molecular formula is C26H28ClN3O6S. The van der Waals surface area contributed by atoms with Gasteiger partial charge in [0.2, 0.25) is 10.0 Å². The topological polar surface area (TPSA) is 134 Å². The Kier molecular flexibility index (Phi) is 9.51. The number of rotatable bonds is 11. The van der Waals surface area contributed by atoms with E-state index in [0.717, 1.165) is 17.5 Å². The SMILES string of the molecule is CCCNC(=O)Nc1cccc(-c2ccc(C[C@H](NS(=O)(=O)c3cc(Cl)ccc3OC)C(=O)O)cc2)c1. The molecule has 0 aliphatic heterocycles. The molecule has 3 rings (SSSR count). The molecule has 37 heavy (non-hydrogen) atoms. The molecule has 11 heteroatoms. The van der Waals surface area contributed by atoms with Gasteiger partial charge in [-0.2, -0.15) is 4.72 Å². The van der Waals surface area contributed by atoms with Gasteiger partial charge in [-0.25, -0.2) is 13.2 Å². The Morgan fingerprint density at radius 1 is 1.03 bits per heavy atom. The van der Waals surface area contributed by atoms with E-state index in [1.807, 2.05) is 25.1 Å². The lowest BCUT2D eigenvalue weighted by atomic mass is 10.0. The minimum atomic E-state index is -4.24. The number of hydrogen-bond donors (Lipinski definition) is 4. The number of carboxylic acid groups (broad SMARTS) is 1. The lowest BCUT2D eigenvalue weighted by Gasteiger charge is -2.17. The Hall–Kier alpha value is -3.60. The summed E-state index contributed by atoms with van der Waals surface area (Å²) < 4.78 is 33.2. The zero-order valence-corrected chi connectivity index (χ0v) is 21.9. The van der Waals surface area contributed by atoms with Gasteiger partial charge in [-0.15, -0.1) is 0 Å². The number of methoxy groups -OCH3 is 1. The van der Waals surface area contributed by atoms with Crippen molar-refractivity contribution < 1.29 is 27.9 Å². The first-order chi connectivity index (χ1) is 17.6. The van der Waals surface area contributed by atoms with Crippen molar-refractivity contribution in [3.8, 4) is 16.9 Å². The fourth-order valence-corrected chi connectivity index (χ4v) is 5.17. The zero-order chi connectivity index (χ0) is 27.0. The highest BCUT2D eigenvalue weighted by Gasteiger charge is 2.28. The molecule has 0 aliphatic carbocycles. The molecule has 0 radical (unpaired) electrons. The van der Waals surface area contributed by atoms with Crippen LogP contribution < -0.4 is 20.1 Å². The fraction of sp³-hybridized carbons (Fsp3) is 0.231. The zero-order valence-electron chi connectivity index (χ0n) is 20.3. The van der Waals surface area contributed by atoms with Crippen LogP contribution in [0.5, 0.6) is 5.75 Å². The molecule has 3 aromatic rings. The van der Waals surface area contributed by atoms with Crippen LogP contribution in [-0.4, -0.2) is 45.2 Å². The summed E-state index contributed by atoms with van der Waals surface area (Å²) in [6, 6.07) is 16.7. The van der Waals surface area contributed by atoms with Crippen molar-refractivity contribution >= 4 is 39.3 Å². The Morgan fingerprint density at radius 2 is 1.76 bits per heavy atom. The highest BCUT2D eigenvalue weighted by atomic mass is 35.5. The number of anilines is 1. The normalized spacial score (nSPS) is 12.0. The maximum absolute atomic E-state index is 12.9. The van der Waals surface area contributed by atoms with Crippen LogP contribution in [0.15, 0.2) is 71.6 Å². The van der Waals surface area contributed by atoms with Crippen LogP contribution in [0.2, 0.25) is 5.02 Å². The van der Waals surface area contributed by atoms with Crippen molar-refractivity contribution in [1.29, 1.82) is 0 Å². The third kappa shape index (κ3) is 7.69. The number of amides is 2. The molecule has 1 atom stereocenters. The standard InChI is InChI=1S/C26H28ClN3O6S/c1-3-13-28-26(33)29-21-6-4-5-19(15-21)18-9-7-17(8-10-18)14-22(25(31)32)30-37(34,35)24-16-20(27)11-12-23(24)36-2/h4-12,15-16,22,30H,3,13-14H2,1-2H3,(H,31,32)(H2,28,29,33)/t22-/m0/s1. The number of halogens is 1. The lowest BCUT2D eigenvalue weighted by Crippen LogP contribution is -2.42. The molecule has 9 nitrogen and oxygen atoms in total. The molecule has 0 unspecified atom stereocenters. The number of urea groups is 1. The van der Waals surface area contributed by atoms with Gasteiger partial charge in [-0.3, -0.25) is 4.79 Å². The molecule has 0 spiro atoms.